The smallest absolute Gasteiger partial charge is 0.395 e. The predicted molar refractivity (Wildman–Crippen MR) is 83.7 cm³/mol. The zero-order chi connectivity index (χ0) is 17.4. The largest absolute Gasteiger partial charge is 0.433 e. The maximum absolute atomic E-state index is 12.2. The SMILES string of the molecule is O=C(c1ccc([N+](=O)[O-])o1)N1CC(c2nc(-c3ccccc3)no2)C1. The topological polar surface area (TPSA) is 116 Å². The number of nitro groups is 1. The van der Waals surface area contributed by atoms with Crippen LogP contribution in [0.3, 0.4) is 0 Å². The van der Waals surface area contributed by atoms with Crippen molar-refractivity contribution < 1.29 is 18.7 Å². The number of amides is 1. The summed E-state index contributed by atoms with van der Waals surface area (Å²) in [5, 5.41) is 14.6. The lowest BCUT2D eigenvalue weighted by atomic mass is 10.00. The highest BCUT2D eigenvalue weighted by atomic mass is 16.6. The summed E-state index contributed by atoms with van der Waals surface area (Å²) in [6, 6.07) is 11.9. The van der Waals surface area contributed by atoms with E-state index in [1.165, 1.54) is 11.0 Å². The molecule has 1 saturated heterocycles. The van der Waals surface area contributed by atoms with Gasteiger partial charge in [-0.3, -0.25) is 14.9 Å². The van der Waals surface area contributed by atoms with Crippen molar-refractivity contribution in [3.8, 4) is 11.4 Å². The zero-order valence-electron chi connectivity index (χ0n) is 12.9. The number of likely N-dealkylation sites (tertiary alicyclic amines) is 1. The Balaban J connectivity index is 1.41. The summed E-state index contributed by atoms with van der Waals surface area (Å²) in [6.45, 7) is 0.785. The molecule has 0 radical (unpaired) electrons. The van der Waals surface area contributed by atoms with Crippen LogP contribution in [0.15, 0.2) is 51.4 Å². The van der Waals surface area contributed by atoms with Crippen molar-refractivity contribution >= 4 is 11.8 Å². The lowest BCUT2D eigenvalue weighted by Crippen LogP contribution is -2.48. The number of rotatable bonds is 4. The first-order valence-corrected chi connectivity index (χ1v) is 7.54. The minimum absolute atomic E-state index is 0.0550. The van der Waals surface area contributed by atoms with E-state index in [1.807, 2.05) is 30.3 Å². The normalized spacial score (nSPS) is 14.3. The Kier molecular flexibility index (Phi) is 3.53. The first-order chi connectivity index (χ1) is 12.1. The van der Waals surface area contributed by atoms with Crippen LogP contribution in [-0.4, -0.2) is 39.0 Å². The molecule has 1 aromatic carbocycles. The predicted octanol–water partition coefficient (Wildman–Crippen LogP) is 2.48. The molecule has 0 unspecified atom stereocenters. The molecular weight excluding hydrogens is 328 g/mol. The third kappa shape index (κ3) is 2.75. The summed E-state index contributed by atoms with van der Waals surface area (Å²) in [5.74, 6) is 0.00635. The lowest BCUT2D eigenvalue weighted by Gasteiger charge is -2.36. The first kappa shape index (κ1) is 15.1. The van der Waals surface area contributed by atoms with Gasteiger partial charge in [0.2, 0.25) is 11.7 Å². The molecule has 3 heterocycles. The minimum atomic E-state index is -0.681. The summed E-state index contributed by atoms with van der Waals surface area (Å²) in [7, 11) is 0. The maximum Gasteiger partial charge on any atom is 0.433 e. The molecule has 9 nitrogen and oxygen atoms in total. The molecule has 126 valence electrons. The third-order valence-electron chi connectivity index (χ3n) is 3.97. The fraction of sp³-hybridized carbons (Fsp3) is 0.188. The summed E-state index contributed by atoms with van der Waals surface area (Å²) < 4.78 is 10.2. The Morgan fingerprint density at radius 3 is 2.64 bits per heavy atom. The van der Waals surface area contributed by atoms with Crippen molar-refractivity contribution in [2.24, 2.45) is 0 Å². The van der Waals surface area contributed by atoms with Gasteiger partial charge in [0.05, 0.1) is 12.0 Å². The number of benzene rings is 1. The van der Waals surface area contributed by atoms with Crippen LogP contribution >= 0.6 is 0 Å². The van der Waals surface area contributed by atoms with Gasteiger partial charge in [0, 0.05) is 18.7 Å². The quantitative estimate of drug-likeness (QED) is 0.529. The van der Waals surface area contributed by atoms with E-state index in [0.29, 0.717) is 24.8 Å². The van der Waals surface area contributed by atoms with Gasteiger partial charge in [-0.2, -0.15) is 4.98 Å². The number of hydrogen-bond donors (Lipinski definition) is 0. The minimum Gasteiger partial charge on any atom is -0.395 e. The molecule has 4 rings (SSSR count). The van der Waals surface area contributed by atoms with Crippen LogP contribution in [0.25, 0.3) is 11.4 Å². The molecule has 2 aromatic heterocycles. The van der Waals surface area contributed by atoms with Crippen LogP contribution in [0.5, 0.6) is 0 Å². The van der Waals surface area contributed by atoms with Crippen molar-refractivity contribution in [3.63, 3.8) is 0 Å². The van der Waals surface area contributed by atoms with E-state index in [-0.39, 0.29) is 11.7 Å². The van der Waals surface area contributed by atoms with Crippen LogP contribution in [0.2, 0.25) is 0 Å². The van der Waals surface area contributed by atoms with Crippen LogP contribution in [0.1, 0.15) is 22.4 Å². The number of hydrogen-bond acceptors (Lipinski definition) is 7. The van der Waals surface area contributed by atoms with E-state index in [4.69, 9.17) is 8.94 Å². The average Bonchev–Trinajstić information content (AvgIpc) is 3.24. The molecule has 1 fully saturated rings. The molecule has 0 bridgehead atoms. The molecule has 0 atom stereocenters. The Hall–Kier alpha value is -3.49. The van der Waals surface area contributed by atoms with E-state index < -0.39 is 16.7 Å². The highest BCUT2D eigenvalue weighted by molar-refractivity contribution is 5.92. The van der Waals surface area contributed by atoms with Crippen molar-refractivity contribution in [3.05, 3.63) is 64.2 Å². The molecule has 0 spiro atoms. The second kappa shape index (κ2) is 5.86. The molecule has 9 heteroatoms. The fourth-order valence-corrected chi connectivity index (χ4v) is 2.60. The van der Waals surface area contributed by atoms with Gasteiger partial charge in [0.1, 0.15) is 4.92 Å². The molecule has 0 saturated carbocycles. The monoisotopic (exact) mass is 340 g/mol. The van der Waals surface area contributed by atoms with Gasteiger partial charge in [-0.1, -0.05) is 35.5 Å². The second-order valence-electron chi connectivity index (χ2n) is 5.62. The van der Waals surface area contributed by atoms with E-state index in [1.54, 1.807) is 0 Å². The average molecular weight is 340 g/mol. The van der Waals surface area contributed by atoms with Crippen LogP contribution in [-0.2, 0) is 0 Å². The van der Waals surface area contributed by atoms with E-state index in [9.17, 15) is 14.9 Å². The summed E-state index contributed by atoms with van der Waals surface area (Å²) in [5.41, 5.74) is 0.854. The zero-order valence-corrected chi connectivity index (χ0v) is 12.9. The fourth-order valence-electron chi connectivity index (χ4n) is 2.60. The van der Waals surface area contributed by atoms with Crippen molar-refractivity contribution in [1.29, 1.82) is 0 Å². The molecule has 1 amide bonds. The molecule has 1 aliphatic heterocycles. The summed E-state index contributed by atoms with van der Waals surface area (Å²) in [4.78, 5) is 28.0. The molecule has 0 aliphatic carbocycles. The van der Waals surface area contributed by atoms with E-state index in [2.05, 4.69) is 10.1 Å². The Labute approximate surface area is 141 Å². The molecule has 25 heavy (non-hydrogen) atoms. The molecule has 0 N–H and O–H groups in total. The van der Waals surface area contributed by atoms with Crippen molar-refractivity contribution in [2.45, 2.75) is 5.92 Å². The molecular formula is C16H12N4O5. The number of aromatic nitrogens is 2. The van der Waals surface area contributed by atoms with Crippen LogP contribution in [0, 0.1) is 10.1 Å². The third-order valence-corrected chi connectivity index (χ3v) is 3.97. The number of furan rings is 1. The number of carbonyl (C=O) groups is 1. The van der Waals surface area contributed by atoms with Gasteiger partial charge < -0.3 is 13.8 Å². The summed E-state index contributed by atoms with van der Waals surface area (Å²) >= 11 is 0. The second-order valence-corrected chi connectivity index (χ2v) is 5.62. The Morgan fingerprint density at radius 2 is 1.96 bits per heavy atom. The summed E-state index contributed by atoms with van der Waals surface area (Å²) in [6.07, 6.45) is 0. The van der Waals surface area contributed by atoms with Crippen molar-refractivity contribution in [2.75, 3.05) is 13.1 Å². The highest BCUT2D eigenvalue weighted by Crippen LogP contribution is 2.29. The van der Waals surface area contributed by atoms with Gasteiger partial charge in [-0.05, 0) is 6.07 Å². The molecule has 3 aromatic rings. The molecule has 1 aliphatic rings. The van der Waals surface area contributed by atoms with E-state index >= 15 is 0 Å². The lowest BCUT2D eigenvalue weighted by molar-refractivity contribution is -0.402. The van der Waals surface area contributed by atoms with Crippen molar-refractivity contribution in [1.82, 2.24) is 15.0 Å². The van der Waals surface area contributed by atoms with Gasteiger partial charge in [0.25, 0.3) is 5.91 Å². The van der Waals surface area contributed by atoms with Crippen LogP contribution in [0.4, 0.5) is 5.88 Å². The number of carbonyl (C=O) groups excluding carboxylic acids is 1. The van der Waals surface area contributed by atoms with Gasteiger partial charge in [-0.25, -0.2) is 0 Å². The maximum atomic E-state index is 12.2. The van der Waals surface area contributed by atoms with Crippen LogP contribution < -0.4 is 0 Å². The van der Waals surface area contributed by atoms with Gasteiger partial charge in [-0.15, -0.1) is 0 Å². The van der Waals surface area contributed by atoms with Gasteiger partial charge in [0.15, 0.2) is 5.76 Å². The number of nitrogens with zero attached hydrogens (tertiary/aromatic N) is 4. The van der Waals surface area contributed by atoms with E-state index in [0.717, 1.165) is 11.6 Å². The standard InChI is InChI=1S/C16H12N4O5/c21-16(12-6-7-13(24-12)20(22)23)19-8-11(9-19)15-17-14(18-25-15)10-4-2-1-3-5-10/h1-7,11H,8-9H2. The highest BCUT2D eigenvalue weighted by Gasteiger charge is 2.37. The Morgan fingerprint density at radius 1 is 1.20 bits per heavy atom. The first-order valence-electron chi connectivity index (χ1n) is 7.54. The van der Waals surface area contributed by atoms with Gasteiger partial charge >= 0.3 is 5.88 Å². The Bertz CT molecular complexity index is 927.